The topological polar surface area (TPSA) is 122 Å². The molecule has 0 atom stereocenters. The highest BCUT2D eigenvalue weighted by Gasteiger charge is 2.31. The van der Waals surface area contributed by atoms with Gasteiger partial charge in [-0.25, -0.2) is 18.1 Å². The third-order valence-corrected chi connectivity index (χ3v) is 7.94. The first kappa shape index (κ1) is 25.6. The van der Waals surface area contributed by atoms with Gasteiger partial charge in [0.2, 0.25) is 0 Å². The largest absolute Gasteiger partial charge is 0.293 e. The van der Waals surface area contributed by atoms with E-state index in [0.29, 0.717) is 0 Å². The Morgan fingerprint density at radius 2 is 1.41 bits per heavy atom. The molecule has 0 aliphatic rings. The first-order chi connectivity index (χ1) is 18.9. The van der Waals surface area contributed by atoms with E-state index >= 15 is 0 Å². The van der Waals surface area contributed by atoms with Crippen molar-refractivity contribution >= 4 is 55.1 Å². The molecule has 10 heteroatoms. The molecule has 0 saturated heterocycles. The van der Waals surface area contributed by atoms with E-state index in [1.165, 1.54) is 54.7 Å². The summed E-state index contributed by atoms with van der Waals surface area (Å²) in [4.78, 5) is 23.9. The predicted molar refractivity (Wildman–Crippen MR) is 151 cm³/mol. The molecule has 0 saturated carbocycles. The Bertz CT molecular complexity index is 1790. The van der Waals surface area contributed by atoms with Gasteiger partial charge in [0.05, 0.1) is 16.0 Å². The number of carbonyl (C=O) groups is 1. The van der Waals surface area contributed by atoms with E-state index < -0.39 is 33.1 Å². The van der Waals surface area contributed by atoms with Gasteiger partial charge in [0.15, 0.2) is 0 Å². The zero-order valence-electron chi connectivity index (χ0n) is 20.5. The minimum Gasteiger partial charge on any atom is -0.271 e. The first-order valence-electron chi connectivity index (χ1n) is 11.9. The number of hydrazone groups is 1. The molecule has 1 N–H and O–H groups in total. The Hall–Kier alpha value is -5.09. The summed E-state index contributed by atoms with van der Waals surface area (Å²) in [6.07, 6.45) is 1.52. The van der Waals surface area contributed by atoms with E-state index in [-0.39, 0.29) is 10.6 Å². The molecule has 0 radical (unpaired) electrons. The van der Waals surface area contributed by atoms with Crippen molar-refractivity contribution in [2.75, 3.05) is 10.8 Å². The molecule has 0 unspecified atom stereocenters. The van der Waals surface area contributed by atoms with Crippen molar-refractivity contribution in [2.24, 2.45) is 5.10 Å². The van der Waals surface area contributed by atoms with Crippen molar-refractivity contribution in [3.63, 3.8) is 0 Å². The number of carbonyl (C=O) groups excluding carboxylic acids is 1. The number of amides is 1. The third-order valence-electron chi connectivity index (χ3n) is 6.16. The summed E-state index contributed by atoms with van der Waals surface area (Å²) in [5.41, 5.74) is 2.50. The van der Waals surface area contributed by atoms with Crippen LogP contribution in [0.25, 0.3) is 21.5 Å². The second-order valence-electron chi connectivity index (χ2n) is 8.60. The number of nitro benzene ring substituents is 1. The van der Waals surface area contributed by atoms with E-state index in [0.717, 1.165) is 31.4 Å². The van der Waals surface area contributed by atoms with Crippen molar-refractivity contribution < 1.29 is 18.1 Å². The van der Waals surface area contributed by atoms with Gasteiger partial charge in [0, 0.05) is 11.6 Å². The molecule has 1 amide bonds. The zero-order valence-corrected chi connectivity index (χ0v) is 21.3. The minimum absolute atomic E-state index is 0.110. The number of anilines is 1. The van der Waals surface area contributed by atoms with Crippen LogP contribution in [0.2, 0.25) is 0 Å². The highest BCUT2D eigenvalue weighted by atomic mass is 32.2. The molecule has 9 nitrogen and oxygen atoms in total. The van der Waals surface area contributed by atoms with Gasteiger partial charge in [-0.05, 0) is 45.8 Å². The van der Waals surface area contributed by atoms with Crippen LogP contribution in [0.3, 0.4) is 0 Å². The van der Waals surface area contributed by atoms with E-state index in [2.05, 4.69) is 16.6 Å². The zero-order chi connectivity index (χ0) is 27.4. The SMILES string of the molecule is O=C(CN(c1ccccc1[N+](=O)[O-])S(=O)(=O)c1ccccc1)NN=Cc1c2ccccc2cc2ccccc12. The maximum atomic E-state index is 13.5. The Kier molecular flexibility index (Phi) is 7.02. The standard InChI is InChI=1S/C29H22N4O5S/c34-29(31-30-19-26-24-14-6-4-10-21(24)18-22-11-5-7-15-25(22)26)20-32(27-16-8-9-17-28(27)33(35)36)39(37,38)23-12-2-1-3-13-23/h1-19H,20H2,(H,31,34). The summed E-state index contributed by atoms with van der Waals surface area (Å²) in [6.45, 7) is -0.726. The lowest BCUT2D eigenvalue weighted by atomic mass is 9.97. The van der Waals surface area contributed by atoms with Crippen molar-refractivity contribution in [3.8, 4) is 0 Å². The second-order valence-corrected chi connectivity index (χ2v) is 10.5. The maximum Gasteiger partial charge on any atom is 0.293 e. The quantitative estimate of drug-likeness (QED) is 0.125. The monoisotopic (exact) mass is 538 g/mol. The molecule has 0 bridgehead atoms. The van der Waals surface area contributed by atoms with Gasteiger partial charge >= 0.3 is 0 Å². The van der Waals surface area contributed by atoms with E-state index in [1.54, 1.807) is 6.07 Å². The van der Waals surface area contributed by atoms with E-state index in [4.69, 9.17) is 0 Å². The summed E-state index contributed by atoms with van der Waals surface area (Å²) in [5.74, 6) is -0.770. The summed E-state index contributed by atoms with van der Waals surface area (Å²) in [7, 11) is -4.32. The molecule has 194 valence electrons. The maximum absolute atomic E-state index is 13.5. The van der Waals surface area contributed by atoms with Gasteiger partial charge in [0.25, 0.3) is 21.6 Å². The highest BCUT2D eigenvalue weighted by Crippen LogP contribution is 2.32. The summed E-state index contributed by atoms with van der Waals surface area (Å²) < 4.78 is 27.8. The van der Waals surface area contributed by atoms with Gasteiger partial charge in [0.1, 0.15) is 12.2 Å². The molecule has 5 aromatic carbocycles. The number of nitrogens with zero attached hydrogens (tertiary/aromatic N) is 3. The molecule has 39 heavy (non-hydrogen) atoms. The highest BCUT2D eigenvalue weighted by molar-refractivity contribution is 7.92. The number of nitrogens with one attached hydrogen (secondary N) is 1. The third kappa shape index (κ3) is 5.18. The Balaban J connectivity index is 1.48. The van der Waals surface area contributed by atoms with Gasteiger partial charge in [-0.1, -0.05) is 78.9 Å². The van der Waals surface area contributed by atoms with Crippen LogP contribution in [-0.4, -0.2) is 32.0 Å². The summed E-state index contributed by atoms with van der Waals surface area (Å²) in [5, 5.41) is 19.7. The number of hydrogen-bond acceptors (Lipinski definition) is 6. The lowest BCUT2D eigenvalue weighted by Crippen LogP contribution is -2.39. The number of sulfonamides is 1. The molecule has 0 aliphatic carbocycles. The number of rotatable bonds is 8. The van der Waals surface area contributed by atoms with Crippen LogP contribution < -0.4 is 9.73 Å². The van der Waals surface area contributed by atoms with Gasteiger partial charge in [-0.2, -0.15) is 5.10 Å². The Morgan fingerprint density at radius 1 is 0.846 bits per heavy atom. The molecular weight excluding hydrogens is 516 g/mol. The molecule has 0 aromatic heterocycles. The number of nitro groups is 1. The van der Waals surface area contributed by atoms with Crippen LogP contribution >= 0.6 is 0 Å². The van der Waals surface area contributed by atoms with Gasteiger partial charge in [-0.3, -0.25) is 14.9 Å². The molecule has 5 rings (SSSR count). The average molecular weight is 539 g/mol. The molecule has 0 heterocycles. The predicted octanol–water partition coefficient (Wildman–Crippen LogP) is 5.25. The van der Waals surface area contributed by atoms with Crippen molar-refractivity contribution in [1.29, 1.82) is 0 Å². The molecule has 0 aliphatic heterocycles. The lowest BCUT2D eigenvalue weighted by molar-refractivity contribution is -0.384. The fraction of sp³-hybridized carbons (Fsp3) is 0.0345. The van der Waals surface area contributed by atoms with E-state index in [1.807, 2.05) is 48.5 Å². The van der Waals surface area contributed by atoms with Gasteiger partial charge < -0.3 is 0 Å². The van der Waals surface area contributed by atoms with Crippen LogP contribution in [0, 0.1) is 10.1 Å². The second kappa shape index (κ2) is 10.7. The van der Waals surface area contributed by atoms with Crippen LogP contribution in [0.4, 0.5) is 11.4 Å². The molecule has 0 spiro atoms. The Labute approximate surface area is 224 Å². The smallest absolute Gasteiger partial charge is 0.271 e. The van der Waals surface area contributed by atoms with E-state index in [9.17, 15) is 23.3 Å². The fourth-order valence-electron chi connectivity index (χ4n) is 4.37. The van der Waals surface area contributed by atoms with Crippen molar-refractivity contribution in [3.05, 3.63) is 125 Å². The normalized spacial score (nSPS) is 11.6. The number of fused-ring (bicyclic) bond motifs is 2. The van der Waals surface area contributed by atoms with Crippen molar-refractivity contribution in [2.45, 2.75) is 4.90 Å². The molecule has 5 aromatic rings. The van der Waals surface area contributed by atoms with Crippen LogP contribution in [-0.2, 0) is 14.8 Å². The summed E-state index contributed by atoms with van der Waals surface area (Å²) >= 11 is 0. The van der Waals surface area contributed by atoms with Crippen LogP contribution in [0.5, 0.6) is 0 Å². The molecule has 0 fully saturated rings. The first-order valence-corrected chi connectivity index (χ1v) is 13.3. The lowest BCUT2D eigenvalue weighted by Gasteiger charge is -2.23. The number of para-hydroxylation sites is 2. The fourth-order valence-corrected chi connectivity index (χ4v) is 5.83. The van der Waals surface area contributed by atoms with Crippen LogP contribution in [0.1, 0.15) is 5.56 Å². The molecular formula is C29H22N4O5S. The van der Waals surface area contributed by atoms with Gasteiger partial charge in [-0.15, -0.1) is 0 Å². The number of benzene rings is 5. The summed E-state index contributed by atoms with van der Waals surface area (Å²) in [6, 6.07) is 30.4. The minimum atomic E-state index is -4.32. The van der Waals surface area contributed by atoms with Crippen LogP contribution in [0.15, 0.2) is 119 Å². The Morgan fingerprint density at radius 3 is 2.05 bits per heavy atom. The van der Waals surface area contributed by atoms with Crippen molar-refractivity contribution in [1.82, 2.24) is 5.43 Å². The average Bonchev–Trinajstić information content (AvgIpc) is 2.96. The number of hydrogen-bond donors (Lipinski definition) is 1.